The predicted molar refractivity (Wildman–Crippen MR) is 86.2 cm³/mol. The van der Waals surface area contributed by atoms with Crippen LogP contribution in [0.15, 0.2) is 35.1 Å². The quantitative estimate of drug-likeness (QED) is 0.685. The zero-order valence-electron chi connectivity index (χ0n) is 13.1. The summed E-state index contributed by atoms with van der Waals surface area (Å²) in [5.41, 5.74) is 3.18. The summed E-state index contributed by atoms with van der Waals surface area (Å²) >= 11 is 0. The summed E-state index contributed by atoms with van der Waals surface area (Å²) in [6, 6.07) is 9.15. The average Bonchev–Trinajstić information content (AvgIpc) is 2.45. The maximum absolute atomic E-state index is 14.4. The number of nitrogens with zero attached hydrogens (tertiary/aromatic N) is 2. The van der Waals surface area contributed by atoms with E-state index in [2.05, 4.69) is 4.98 Å². The van der Waals surface area contributed by atoms with Crippen molar-refractivity contribution in [1.29, 1.82) is 0 Å². The van der Waals surface area contributed by atoms with Crippen LogP contribution in [0.25, 0.3) is 16.6 Å². The lowest BCUT2D eigenvalue weighted by molar-refractivity contribution is 0.627. The van der Waals surface area contributed by atoms with Crippen LogP contribution in [0.3, 0.4) is 0 Å². The fourth-order valence-electron chi connectivity index (χ4n) is 2.87. The molecule has 0 atom stereocenters. The molecule has 112 valence electrons. The van der Waals surface area contributed by atoms with Crippen molar-refractivity contribution in [2.24, 2.45) is 0 Å². The second-order valence-corrected chi connectivity index (χ2v) is 5.63. The molecule has 3 nitrogen and oxygen atoms in total. The van der Waals surface area contributed by atoms with Crippen LogP contribution in [0.2, 0.25) is 0 Å². The van der Waals surface area contributed by atoms with Crippen molar-refractivity contribution >= 4 is 10.9 Å². The van der Waals surface area contributed by atoms with Crippen LogP contribution in [-0.2, 0) is 0 Å². The van der Waals surface area contributed by atoms with Crippen LogP contribution >= 0.6 is 0 Å². The van der Waals surface area contributed by atoms with Gasteiger partial charge in [0.2, 0.25) is 0 Å². The van der Waals surface area contributed by atoms with E-state index in [0.717, 1.165) is 16.8 Å². The number of halogens is 1. The third kappa shape index (κ3) is 2.03. The summed E-state index contributed by atoms with van der Waals surface area (Å²) in [5, 5.41) is 0.0493. The smallest absolute Gasteiger partial charge is 0.268 e. The van der Waals surface area contributed by atoms with Gasteiger partial charge in [-0.15, -0.1) is 0 Å². The number of rotatable bonds is 1. The standard InChI is InChI=1S/C18H17FN2O/c1-10-8-9-14-15(16(10)19)18(22)21(13(4)20-14)17-11(2)6-5-7-12(17)3/h5-9H,1-4H3. The molecule has 0 saturated carbocycles. The number of fused-ring (bicyclic) bond motifs is 1. The molecular formula is C18H17FN2O. The minimum absolute atomic E-state index is 0.0493. The van der Waals surface area contributed by atoms with E-state index in [9.17, 15) is 9.18 Å². The summed E-state index contributed by atoms with van der Waals surface area (Å²) < 4.78 is 15.9. The van der Waals surface area contributed by atoms with Crippen LogP contribution in [0.1, 0.15) is 22.5 Å². The number of hydrogen-bond acceptors (Lipinski definition) is 2. The van der Waals surface area contributed by atoms with Gasteiger partial charge in [0.15, 0.2) is 0 Å². The molecule has 4 heteroatoms. The molecule has 2 aromatic carbocycles. The number of para-hydroxylation sites is 1. The molecule has 3 rings (SSSR count). The zero-order chi connectivity index (χ0) is 16.0. The van der Waals surface area contributed by atoms with E-state index in [1.807, 2.05) is 32.0 Å². The van der Waals surface area contributed by atoms with E-state index in [-0.39, 0.29) is 10.9 Å². The molecule has 0 unspecified atom stereocenters. The van der Waals surface area contributed by atoms with Crippen LogP contribution in [0.4, 0.5) is 4.39 Å². The minimum atomic E-state index is -0.491. The van der Waals surface area contributed by atoms with Gasteiger partial charge in [-0.2, -0.15) is 0 Å². The van der Waals surface area contributed by atoms with Gasteiger partial charge in [0.25, 0.3) is 5.56 Å². The van der Waals surface area contributed by atoms with Crippen molar-refractivity contribution in [2.75, 3.05) is 0 Å². The normalized spacial score (nSPS) is 11.1. The number of benzene rings is 2. The summed E-state index contributed by atoms with van der Waals surface area (Å²) in [4.78, 5) is 17.3. The van der Waals surface area contributed by atoms with Crippen molar-refractivity contribution < 1.29 is 4.39 Å². The first-order valence-corrected chi connectivity index (χ1v) is 7.17. The minimum Gasteiger partial charge on any atom is -0.268 e. The van der Waals surface area contributed by atoms with Crippen LogP contribution in [0, 0.1) is 33.5 Å². The van der Waals surface area contributed by atoms with Crippen molar-refractivity contribution in [3.63, 3.8) is 0 Å². The molecule has 0 aliphatic carbocycles. The Morgan fingerprint density at radius 1 is 0.955 bits per heavy atom. The Balaban J connectivity index is 2.51. The fraction of sp³-hybridized carbons (Fsp3) is 0.222. The van der Waals surface area contributed by atoms with Gasteiger partial charge in [-0.1, -0.05) is 24.3 Å². The van der Waals surface area contributed by atoms with Crippen LogP contribution in [-0.4, -0.2) is 9.55 Å². The van der Waals surface area contributed by atoms with E-state index in [1.54, 1.807) is 26.0 Å². The summed E-state index contributed by atoms with van der Waals surface area (Å²) in [6.07, 6.45) is 0. The first-order chi connectivity index (χ1) is 10.4. The van der Waals surface area contributed by atoms with Gasteiger partial charge >= 0.3 is 0 Å². The van der Waals surface area contributed by atoms with Gasteiger partial charge in [0.05, 0.1) is 11.2 Å². The molecule has 0 aliphatic heterocycles. The van der Waals surface area contributed by atoms with E-state index < -0.39 is 5.82 Å². The highest BCUT2D eigenvalue weighted by atomic mass is 19.1. The van der Waals surface area contributed by atoms with Gasteiger partial charge in [-0.3, -0.25) is 9.36 Å². The van der Waals surface area contributed by atoms with Gasteiger partial charge in [-0.25, -0.2) is 9.37 Å². The lowest BCUT2D eigenvalue weighted by atomic mass is 10.1. The number of aryl methyl sites for hydroxylation is 4. The van der Waals surface area contributed by atoms with Gasteiger partial charge in [-0.05, 0) is 50.5 Å². The molecule has 0 bridgehead atoms. The largest absolute Gasteiger partial charge is 0.268 e. The average molecular weight is 296 g/mol. The lowest BCUT2D eigenvalue weighted by Gasteiger charge is -2.16. The molecule has 3 aromatic rings. The van der Waals surface area contributed by atoms with Crippen LogP contribution in [0.5, 0.6) is 0 Å². The highest BCUT2D eigenvalue weighted by Crippen LogP contribution is 2.21. The second kappa shape index (κ2) is 5.05. The molecule has 0 N–H and O–H groups in total. The lowest BCUT2D eigenvalue weighted by Crippen LogP contribution is -2.24. The zero-order valence-corrected chi connectivity index (χ0v) is 13.1. The molecule has 1 heterocycles. The van der Waals surface area contributed by atoms with Gasteiger partial charge < -0.3 is 0 Å². The van der Waals surface area contributed by atoms with E-state index in [0.29, 0.717) is 16.9 Å². The molecule has 0 fully saturated rings. The van der Waals surface area contributed by atoms with Crippen molar-refractivity contribution in [2.45, 2.75) is 27.7 Å². The third-order valence-corrected chi connectivity index (χ3v) is 4.00. The Kier molecular flexibility index (Phi) is 3.32. The molecule has 0 saturated heterocycles. The van der Waals surface area contributed by atoms with Crippen molar-refractivity contribution in [3.05, 3.63) is 69.0 Å². The Morgan fingerprint density at radius 2 is 1.59 bits per heavy atom. The Labute approximate surface area is 128 Å². The SMILES string of the molecule is Cc1cccc(C)c1-n1c(C)nc2ccc(C)c(F)c2c1=O. The maximum Gasteiger partial charge on any atom is 0.268 e. The summed E-state index contributed by atoms with van der Waals surface area (Å²) in [5.74, 6) is 0.0631. The Morgan fingerprint density at radius 3 is 2.23 bits per heavy atom. The maximum atomic E-state index is 14.4. The molecule has 0 amide bonds. The predicted octanol–water partition coefficient (Wildman–Crippen LogP) is 3.76. The summed E-state index contributed by atoms with van der Waals surface area (Å²) in [6.45, 7) is 7.29. The topological polar surface area (TPSA) is 34.9 Å². The molecule has 0 aliphatic rings. The van der Waals surface area contributed by atoms with E-state index >= 15 is 0 Å². The highest BCUT2D eigenvalue weighted by molar-refractivity contribution is 5.79. The fourth-order valence-corrected chi connectivity index (χ4v) is 2.87. The molecule has 22 heavy (non-hydrogen) atoms. The van der Waals surface area contributed by atoms with Gasteiger partial charge in [0, 0.05) is 0 Å². The second-order valence-electron chi connectivity index (χ2n) is 5.63. The first-order valence-electron chi connectivity index (χ1n) is 7.17. The Bertz CT molecular complexity index is 937. The molecular weight excluding hydrogens is 279 g/mol. The van der Waals surface area contributed by atoms with Gasteiger partial charge in [0.1, 0.15) is 17.0 Å². The molecule has 0 spiro atoms. The van der Waals surface area contributed by atoms with Crippen LogP contribution < -0.4 is 5.56 Å². The van der Waals surface area contributed by atoms with Crippen molar-refractivity contribution in [1.82, 2.24) is 9.55 Å². The monoisotopic (exact) mass is 296 g/mol. The van der Waals surface area contributed by atoms with Crippen molar-refractivity contribution in [3.8, 4) is 5.69 Å². The molecule has 0 radical (unpaired) electrons. The molecule has 1 aromatic heterocycles. The third-order valence-electron chi connectivity index (χ3n) is 4.00. The summed E-state index contributed by atoms with van der Waals surface area (Å²) in [7, 11) is 0. The number of hydrogen-bond donors (Lipinski definition) is 0. The van der Waals surface area contributed by atoms with E-state index in [1.165, 1.54) is 4.57 Å². The highest BCUT2D eigenvalue weighted by Gasteiger charge is 2.17. The Hall–Kier alpha value is -2.49. The number of aromatic nitrogens is 2. The first kappa shape index (κ1) is 14.4. The van der Waals surface area contributed by atoms with E-state index in [4.69, 9.17) is 0 Å².